The van der Waals surface area contributed by atoms with Crippen molar-refractivity contribution in [1.82, 2.24) is 14.9 Å². The summed E-state index contributed by atoms with van der Waals surface area (Å²) in [4.78, 5) is 34.7. The first-order valence-corrected chi connectivity index (χ1v) is 12.0. The number of ether oxygens (including phenoxy) is 1. The molecule has 1 aromatic carbocycles. The van der Waals surface area contributed by atoms with Gasteiger partial charge >= 0.3 is 0 Å². The lowest BCUT2D eigenvalue weighted by Crippen LogP contribution is -2.34. The zero-order chi connectivity index (χ0) is 25.9. The lowest BCUT2D eigenvalue weighted by molar-refractivity contribution is -0.125. The van der Waals surface area contributed by atoms with Crippen LogP contribution in [0, 0.1) is 6.92 Å². The number of halogens is 1. The first kappa shape index (κ1) is 26.8. The molecule has 4 heterocycles. The highest BCUT2D eigenvalue weighted by atomic mass is 35.5. The van der Waals surface area contributed by atoms with Gasteiger partial charge in [-0.3, -0.25) is 14.6 Å². The highest BCUT2D eigenvalue weighted by molar-refractivity contribution is 5.95. The third kappa shape index (κ3) is 5.85. The molecule has 10 heteroatoms. The maximum absolute atomic E-state index is 12.8. The number of rotatable bonds is 6. The van der Waals surface area contributed by atoms with Gasteiger partial charge in [-0.15, -0.1) is 12.4 Å². The molecular weight excluding hydrogens is 506 g/mol. The fourth-order valence-electron chi connectivity index (χ4n) is 4.17. The molecule has 3 aromatic heterocycles. The number of fused-ring (bicyclic) bond motifs is 2. The molecule has 0 bridgehead atoms. The van der Waals surface area contributed by atoms with Gasteiger partial charge in [0.15, 0.2) is 0 Å². The van der Waals surface area contributed by atoms with E-state index in [0.717, 1.165) is 27.7 Å². The van der Waals surface area contributed by atoms with E-state index >= 15 is 0 Å². The monoisotopic (exact) mass is 533 g/mol. The molecule has 0 fully saturated rings. The minimum atomic E-state index is -0.551. The Bertz CT molecular complexity index is 1500. The van der Waals surface area contributed by atoms with Crippen LogP contribution >= 0.6 is 12.4 Å². The van der Waals surface area contributed by atoms with Crippen LogP contribution in [-0.4, -0.2) is 39.8 Å². The normalized spacial score (nSPS) is 14.9. The minimum absolute atomic E-state index is 0. The van der Waals surface area contributed by atoms with Crippen molar-refractivity contribution in [1.29, 1.82) is 0 Å². The van der Waals surface area contributed by atoms with Gasteiger partial charge in [-0.25, -0.2) is 4.98 Å². The Morgan fingerprint density at radius 1 is 1.26 bits per heavy atom. The van der Waals surface area contributed by atoms with Crippen molar-refractivity contribution in [3.05, 3.63) is 83.5 Å². The van der Waals surface area contributed by atoms with Crippen LogP contribution < -0.4 is 15.8 Å². The number of hydrogen-bond donors (Lipinski definition) is 2. The first-order valence-electron chi connectivity index (χ1n) is 12.0. The zero-order valence-corrected chi connectivity index (χ0v) is 21.8. The van der Waals surface area contributed by atoms with E-state index in [9.17, 15) is 9.59 Å². The number of nitrogens with two attached hydrogens (primary N) is 1. The summed E-state index contributed by atoms with van der Waals surface area (Å²) in [5, 5.41) is 3.67. The van der Waals surface area contributed by atoms with Crippen LogP contribution in [0.3, 0.4) is 0 Å². The van der Waals surface area contributed by atoms with Crippen molar-refractivity contribution in [2.75, 3.05) is 12.4 Å². The van der Waals surface area contributed by atoms with Crippen molar-refractivity contribution in [3.63, 3.8) is 0 Å². The number of nitrogens with one attached hydrogen (secondary N) is 1. The van der Waals surface area contributed by atoms with Gasteiger partial charge in [-0.2, -0.15) is 0 Å². The van der Waals surface area contributed by atoms with Crippen LogP contribution in [0.5, 0.6) is 11.5 Å². The van der Waals surface area contributed by atoms with Crippen LogP contribution in [0.15, 0.2) is 65.5 Å². The fraction of sp³-hybridized carbons (Fsp3) is 0.214. The van der Waals surface area contributed by atoms with Crippen molar-refractivity contribution in [2.24, 2.45) is 5.73 Å². The molecule has 0 saturated heterocycles. The second kappa shape index (κ2) is 11.5. The molecule has 1 aliphatic heterocycles. The number of carbonyl (C=O) groups is 2. The lowest BCUT2D eigenvalue weighted by Gasteiger charge is -2.14. The number of aryl methyl sites for hydroxylation is 2. The molecule has 1 unspecified atom stereocenters. The predicted molar refractivity (Wildman–Crippen MR) is 147 cm³/mol. The van der Waals surface area contributed by atoms with Crippen LogP contribution in [0.25, 0.3) is 17.0 Å². The van der Waals surface area contributed by atoms with Crippen LogP contribution in [0.4, 0.5) is 5.82 Å². The van der Waals surface area contributed by atoms with E-state index in [1.807, 2.05) is 43.3 Å². The second-order valence-electron chi connectivity index (χ2n) is 9.04. The van der Waals surface area contributed by atoms with E-state index in [0.29, 0.717) is 42.5 Å². The van der Waals surface area contributed by atoms with Gasteiger partial charge in [0, 0.05) is 36.5 Å². The van der Waals surface area contributed by atoms with Crippen LogP contribution in [-0.2, 0) is 22.6 Å². The largest absolute Gasteiger partial charge is 0.459 e. The molecule has 196 valence electrons. The Kier molecular flexibility index (Phi) is 8.09. The molecule has 5 rings (SSSR count). The smallest absolute Gasteiger partial charge is 0.246 e. The molecular formula is C28H28ClN5O4. The number of hydrogen-bond acceptors (Lipinski definition) is 7. The van der Waals surface area contributed by atoms with Gasteiger partial charge in [0.25, 0.3) is 0 Å². The van der Waals surface area contributed by atoms with E-state index in [1.165, 1.54) is 6.08 Å². The Morgan fingerprint density at radius 2 is 2.11 bits per heavy atom. The summed E-state index contributed by atoms with van der Waals surface area (Å²) in [5.41, 5.74) is 9.19. The molecule has 4 aromatic rings. The number of likely N-dealkylation sites (N-methyl/N-ethyl adjacent to an activating group) is 1. The molecule has 3 N–H and O–H groups in total. The summed E-state index contributed by atoms with van der Waals surface area (Å²) >= 11 is 0. The zero-order valence-electron chi connectivity index (χ0n) is 21.0. The maximum Gasteiger partial charge on any atom is 0.246 e. The average molecular weight is 534 g/mol. The van der Waals surface area contributed by atoms with Gasteiger partial charge < -0.3 is 25.1 Å². The van der Waals surface area contributed by atoms with Gasteiger partial charge in [-0.05, 0) is 73.4 Å². The van der Waals surface area contributed by atoms with E-state index in [-0.39, 0.29) is 24.2 Å². The van der Waals surface area contributed by atoms with Crippen molar-refractivity contribution in [2.45, 2.75) is 32.4 Å². The lowest BCUT2D eigenvalue weighted by atomic mass is 10.1. The molecule has 2 amide bonds. The third-order valence-electron chi connectivity index (χ3n) is 6.34. The second-order valence-corrected chi connectivity index (χ2v) is 9.04. The Labute approximate surface area is 226 Å². The Hall–Kier alpha value is -4.21. The van der Waals surface area contributed by atoms with Crippen LogP contribution in [0.2, 0.25) is 0 Å². The highest BCUT2D eigenvalue weighted by Crippen LogP contribution is 2.31. The van der Waals surface area contributed by atoms with Gasteiger partial charge in [0.1, 0.15) is 28.7 Å². The number of nitrogens with zero attached hydrogens (tertiary/aromatic N) is 3. The number of furan rings is 1. The highest BCUT2D eigenvalue weighted by Gasteiger charge is 2.21. The predicted octanol–water partition coefficient (Wildman–Crippen LogP) is 4.63. The maximum atomic E-state index is 12.8. The number of amides is 2. The molecule has 0 aliphatic carbocycles. The molecule has 9 nitrogen and oxygen atoms in total. The fourth-order valence-corrected chi connectivity index (χ4v) is 4.17. The standard InChI is InChI=1S/C28H27N5O4.ClH/c1-17-22-13-20(36-21-4-3-11-30-15-21)7-9-24(22)37-25(17)16-33(2)26(34)10-5-18-12-19-6-8-23(29)28(35)32-27(19)31-14-18;/h3-5,7,9-15,23H,6,8,16,29H2,1-2H3,(H,31,32,35);1H/b10-5+;. The SMILES string of the molecule is Cc1c(CN(C)C(=O)/C=C/c2cnc3c(c2)CCC(N)C(=O)N3)oc2ccc(Oc3cccnc3)cc12.Cl. The Balaban J connectivity index is 0.00000336. The molecule has 0 radical (unpaired) electrons. The van der Waals surface area contributed by atoms with E-state index in [4.69, 9.17) is 14.9 Å². The summed E-state index contributed by atoms with van der Waals surface area (Å²) in [7, 11) is 1.72. The number of aromatic nitrogens is 2. The number of benzene rings is 1. The summed E-state index contributed by atoms with van der Waals surface area (Å²) in [6.07, 6.45) is 9.36. The molecule has 0 saturated carbocycles. The van der Waals surface area contributed by atoms with Crippen LogP contribution in [0.1, 0.15) is 28.9 Å². The van der Waals surface area contributed by atoms with Crippen molar-refractivity contribution in [3.8, 4) is 11.5 Å². The quantitative estimate of drug-likeness (QED) is 0.346. The summed E-state index contributed by atoms with van der Waals surface area (Å²) < 4.78 is 11.9. The van der Waals surface area contributed by atoms with Gasteiger partial charge in [0.05, 0.1) is 18.8 Å². The molecule has 1 aliphatic rings. The van der Waals surface area contributed by atoms with Gasteiger partial charge in [-0.1, -0.05) is 0 Å². The average Bonchev–Trinajstić information content (AvgIpc) is 3.13. The summed E-state index contributed by atoms with van der Waals surface area (Å²) in [6.45, 7) is 2.28. The Morgan fingerprint density at radius 3 is 2.89 bits per heavy atom. The van der Waals surface area contributed by atoms with Crippen molar-refractivity contribution >= 4 is 47.1 Å². The van der Waals surface area contributed by atoms with Gasteiger partial charge in [0.2, 0.25) is 11.8 Å². The number of pyridine rings is 2. The van der Waals surface area contributed by atoms with E-state index in [2.05, 4.69) is 15.3 Å². The number of carbonyl (C=O) groups excluding carboxylic acids is 2. The summed E-state index contributed by atoms with van der Waals surface area (Å²) in [5.74, 6) is 2.15. The molecule has 38 heavy (non-hydrogen) atoms. The van der Waals surface area contributed by atoms with Crippen molar-refractivity contribution < 1.29 is 18.7 Å². The summed E-state index contributed by atoms with van der Waals surface area (Å²) in [6, 6.07) is 10.6. The molecule has 1 atom stereocenters. The van der Waals surface area contributed by atoms with E-state index < -0.39 is 6.04 Å². The molecule has 0 spiro atoms. The third-order valence-corrected chi connectivity index (χ3v) is 6.34. The number of anilines is 1. The first-order chi connectivity index (χ1) is 17.9. The minimum Gasteiger partial charge on any atom is -0.459 e. The topological polar surface area (TPSA) is 124 Å². The van der Waals surface area contributed by atoms with E-state index in [1.54, 1.807) is 36.6 Å².